The lowest BCUT2D eigenvalue weighted by atomic mass is 10.0. The summed E-state index contributed by atoms with van der Waals surface area (Å²) in [5, 5.41) is 18.5. The second-order valence-electron chi connectivity index (χ2n) is 7.87. The van der Waals surface area contributed by atoms with Crippen LogP contribution >= 0.6 is 12.4 Å². The zero-order valence-electron chi connectivity index (χ0n) is 17.9. The van der Waals surface area contributed by atoms with Crippen molar-refractivity contribution < 1.29 is 14.3 Å². The number of aliphatic hydroxyl groups is 1. The Hall–Kier alpha value is -3.63. The van der Waals surface area contributed by atoms with Crippen LogP contribution in [0.5, 0.6) is 0 Å². The van der Waals surface area contributed by atoms with Gasteiger partial charge < -0.3 is 25.5 Å². The molecule has 0 radical (unpaired) electrons. The zero-order valence-corrected chi connectivity index (χ0v) is 18.7. The van der Waals surface area contributed by atoms with E-state index in [1.54, 1.807) is 16.9 Å². The van der Waals surface area contributed by atoms with Gasteiger partial charge in [0.2, 0.25) is 0 Å². The number of piperidine rings is 1. The molecule has 5 rings (SSSR count). The third kappa shape index (κ3) is 4.35. The van der Waals surface area contributed by atoms with E-state index in [0.717, 1.165) is 27.8 Å². The molecule has 1 aromatic carbocycles. The quantitative estimate of drug-likeness (QED) is 0.415. The SMILES string of the molecule is Cl.Cn1nc2cc(N3CCC(O)CC3)c(NC(=O)c3cocn3)cc2c1-c1ccnc(N)c1. The molecule has 11 heteroatoms. The van der Waals surface area contributed by atoms with E-state index in [1.165, 1.54) is 12.7 Å². The summed E-state index contributed by atoms with van der Waals surface area (Å²) >= 11 is 0. The second kappa shape index (κ2) is 9.08. The van der Waals surface area contributed by atoms with Crippen LogP contribution in [0.25, 0.3) is 22.2 Å². The van der Waals surface area contributed by atoms with Gasteiger partial charge in [0.25, 0.3) is 5.91 Å². The van der Waals surface area contributed by atoms with Crippen LogP contribution in [0.15, 0.2) is 47.5 Å². The van der Waals surface area contributed by atoms with Gasteiger partial charge in [0.1, 0.15) is 12.1 Å². The van der Waals surface area contributed by atoms with E-state index in [2.05, 4.69) is 20.2 Å². The fourth-order valence-corrected chi connectivity index (χ4v) is 4.15. The number of aromatic nitrogens is 4. The summed E-state index contributed by atoms with van der Waals surface area (Å²) in [6.45, 7) is 1.36. The van der Waals surface area contributed by atoms with Crippen LogP contribution in [0.3, 0.4) is 0 Å². The predicted octanol–water partition coefficient (Wildman–Crippen LogP) is 2.84. The fourth-order valence-electron chi connectivity index (χ4n) is 4.15. The van der Waals surface area contributed by atoms with E-state index in [-0.39, 0.29) is 30.1 Å². The van der Waals surface area contributed by atoms with Crippen molar-refractivity contribution in [2.24, 2.45) is 7.05 Å². The number of fused-ring (bicyclic) bond motifs is 1. The number of aryl methyl sites for hydroxylation is 1. The Kier molecular flexibility index (Phi) is 6.21. The van der Waals surface area contributed by atoms with Crippen LogP contribution in [0.4, 0.5) is 17.2 Å². The van der Waals surface area contributed by atoms with E-state index >= 15 is 0 Å². The highest BCUT2D eigenvalue weighted by atomic mass is 35.5. The first-order valence-electron chi connectivity index (χ1n) is 10.3. The van der Waals surface area contributed by atoms with Gasteiger partial charge >= 0.3 is 0 Å². The molecule has 0 spiro atoms. The molecule has 0 aliphatic carbocycles. The molecular formula is C22H24ClN7O3. The number of carbonyl (C=O) groups is 1. The van der Waals surface area contributed by atoms with Crippen molar-refractivity contribution in [1.82, 2.24) is 19.7 Å². The van der Waals surface area contributed by atoms with E-state index in [9.17, 15) is 9.90 Å². The fraction of sp³-hybridized carbons (Fsp3) is 0.273. The Bertz CT molecular complexity index is 1280. The number of carbonyl (C=O) groups excluding carboxylic acids is 1. The summed E-state index contributed by atoms with van der Waals surface area (Å²) in [5.74, 6) is 0.0508. The standard InChI is InChI=1S/C22H23N7O3.ClH/c1-28-21(13-2-5-24-20(23)8-13)15-9-17(26-22(31)18-11-32-12-25-18)19(10-16(15)27-28)29-6-3-14(30)4-7-29;/h2,5,8-12,14,30H,3-4,6-7H2,1H3,(H2,23,24)(H,26,31);1H. The van der Waals surface area contributed by atoms with Crippen molar-refractivity contribution in [3.63, 3.8) is 0 Å². The largest absolute Gasteiger partial charge is 0.451 e. The third-order valence-electron chi connectivity index (χ3n) is 5.72. The number of benzene rings is 1. The number of oxazole rings is 1. The monoisotopic (exact) mass is 469 g/mol. The summed E-state index contributed by atoms with van der Waals surface area (Å²) < 4.78 is 6.75. The van der Waals surface area contributed by atoms with E-state index in [4.69, 9.17) is 15.2 Å². The first kappa shape index (κ1) is 22.6. The number of halogens is 1. The van der Waals surface area contributed by atoms with Crippen molar-refractivity contribution in [1.29, 1.82) is 0 Å². The van der Waals surface area contributed by atoms with Crippen molar-refractivity contribution >= 4 is 46.4 Å². The number of anilines is 3. The normalized spacial score (nSPS) is 14.3. The summed E-state index contributed by atoms with van der Waals surface area (Å²) in [7, 11) is 1.87. The van der Waals surface area contributed by atoms with Gasteiger partial charge in [-0.05, 0) is 37.1 Å². The van der Waals surface area contributed by atoms with Gasteiger partial charge in [0.15, 0.2) is 12.1 Å². The molecule has 4 N–H and O–H groups in total. The summed E-state index contributed by atoms with van der Waals surface area (Å²) in [6, 6.07) is 7.57. The van der Waals surface area contributed by atoms with Crippen LogP contribution in [0.1, 0.15) is 23.3 Å². The number of hydrogen-bond donors (Lipinski definition) is 3. The number of nitrogens with one attached hydrogen (secondary N) is 1. The Morgan fingerprint density at radius 2 is 2.03 bits per heavy atom. The zero-order chi connectivity index (χ0) is 22.2. The smallest absolute Gasteiger partial charge is 0.277 e. The maximum Gasteiger partial charge on any atom is 0.277 e. The van der Waals surface area contributed by atoms with Crippen LogP contribution in [-0.2, 0) is 7.05 Å². The van der Waals surface area contributed by atoms with Gasteiger partial charge in [-0.3, -0.25) is 9.48 Å². The molecule has 1 fully saturated rings. The van der Waals surface area contributed by atoms with E-state index < -0.39 is 0 Å². The molecule has 0 bridgehead atoms. The van der Waals surface area contributed by atoms with E-state index in [1.807, 2.05) is 25.2 Å². The Morgan fingerprint density at radius 1 is 1.24 bits per heavy atom. The van der Waals surface area contributed by atoms with Crippen LogP contribution in [-0.4, -0.2) is 50.0 Å². The molecule has 0 atom stereocenters. The second-order valence-corrected chi connectivity index (χ2v) is 7.87. The van der Waals surface area contributed by atoms with Crippen LogP contribution < -0.4 is 16.0 Å². The molecular weight excluding hydrogens is 446 g/mol. The average molecular weight is 470 g/mol. The number of rotatable bonds is 4. The number of aliphatic hydroxyl groups excluding tert-OH is 1. The van der Waals surface area contributed by atoms with Crippen LogP contribution in [0, 0.1) is 0 Å². The highest BCUT2D eigenvalue weighted by molar-refractivity contribution is 6.07. The molecule has 0 unspecified atom stereocenters. The number of amides is 1. The molecule has 1 amide bonds. The van der Waals surface area contributed by atoms with Gasteiger partial charge in [0, 0.05) is 37.3 Å². The lowest BCUT2D eigenvalue weighted by molar-refractivity contribution is 0.102. The lowest BCUT2D eigenvalue weighted by Gasteiger charge is -2.32. The average Bonchev–Trinajstić information content (AvgIpc) is 3.41. The minimum atomic E-state index is -0.366. The highest BCUT2D eigenvalue weighted by Gasteiger charge is 2.23. The molecule has 1 saturated heterocycles. The summed E-state index contributed by atoms with van der Waals surface area (Å²) in [5.41, 5.74) is 10.1. The molecule has 33 heavy (non-hydrogen) atoms. The first-order valence-corrected chi connectivity index (χ1v) is 10.3. The molecule has 172 valence electrons. The van der Waals surface area contributed by atoms with Gasteiger partial charge in [-0.15, -0.1) is 12.4 Å². The maximum atomic E-state index is 12.8. The van der Waals surface area contributed by atoms with Crippen molar-refractivity contribution in [3.05, 3.63) is 48.8 Å². The molecule has 10 nitrogen and oxygen atoms in total. The Balaban J connectivity index is 0.00000259. The molecule has 3 aromatic heterocycles. The first-order chi connectivity index (χ1) is 15.5. The van der Waals surface area contributed by atoms with Gasteiger partial charge in [-0.1, -0.05) is 0 Å². The minimum Gasteiger partial charge on any atom is -0.451 e. The highest BCUT2D eigenvalue weighted by Crippen LogP contribution is 2.37. The number of nitrogens with two attached hydrogens (primary N) is 1. The number of nitrogen functional groups attached to an aromatic ring is 1. The lowest BCUT2D eigenvalue weighted by Crippen LogP contribution is -2.36. The molecule has 4 heterocycles. The Labute approximate surface area is 195 Å². The van der Waals surface area contributed by atoms with Gasteiger partial charge in [-0.2, -0.15) is 5.10 Å². The minimum absolute atomic E-state index is 0. The number of nitrogens with zero attached hydrogens (tertiary/aromatic N) is 5. The van der Waals surface area contributed by atoms with Crippen LogP contribution in [0.2, 0.25) is 0 Å². The molecule has 0 saturated carbocycles. The summed E-state index contributed by atoms with van der Waals surface area (Å²) in [4.78, 5) is 22.9. The van der Waals surface area contributed by atoms with Crippen molar-refractivity contribution in [2.45, 2.75) is 18.9 Å². The van der Waals surface area contributed by atoms with Crippen molar-refractivity contribution in [3.8, 4) is 11.3 Å². The summed E-state index contributed by atoms with van der Waals surface area (Å²) in [6.07, 6.45) is 5.21. The van der Waals surface area contributed by atoms with Crippen molar-refractivity contribution in [2.75, 3.05) is 29.0 Å². The van der Waals surface area contributed by atoms with Gasteiger partial charge in [0.05, 0.1) is 28.7 Å². The van der Waals surface area contributed by atoms with Gasteiger partial charge in [-0.25, -0.2) is 9.97 Å². The Morgan fingerprint density at radius 3 is 2.73 bits per heavy atom. The maximum absolute atomic E-state index is 12.8. The predicted molar refractivity (Wildman–Crippen MR) is 128 cm³/mol. The number of pyridine rings is 1. The third-order valence-corrected chi connectivity index (χ3v) is 5.72. The topological polar surface area (TPSA) is 135 Å². The molecule has 1 aliphatic heterocycles. The number of hydrogen-bond acceptors (Lipinski definition) is 8. The van der Waals surface area contributed by atoms with E-state index in [0.29, 0.717) is 37.4 Å². The molecule has 1 aliphatic rings. The molecule has 4 aromatic rings.